The van der Waals surface area contributed by atoms with Gasteiger partial charge in [-0.05, 0) is 25.0 Å². The van der Waals surface area contributed by atoms with Crippen molar-refractivity contribution in [3.05, 3.63) is 29.6 Å². The quantitative estimate of drug-likeness (QED) is 0.683. The van der Waals surface area contributed by atoms with Gasteiger partial charge in [0, 0.05) is 6.07 Å². The van der Waals surface area contributed by atoms with Crippen LogP contribution in [-0.2, 0) is 11.2 Å². The van der Waals surface area contributed by atoms with Crippen LogP contribution >= 0.6 is 0 Å². The number of benzene rings is 1. The average Bonchev–Trinajstić information content (AvgIpc) is 2.16. The molecule has 1 atom stereocenters. The van der Waals surface area contributed by atoms with Crippen molar-refractivity contribution in [2.24, 2.45) is 5.92 Å². The Hall–Kier alpha value is -1.38. The molecule has 1 aromatic rings. The molecule has 74 valence electrons. The number of fused-ring (bicyclic) bond motifs is 1. The lowest BCUT2D eigenvalue weighted by Crippen LogP contribution is -2.26. The lowest BCUT2D eigenvalue weighted by atomic mass is 9.94. The van der Waals surface area contributed by atoms with Gasteiger partial charge in [0.15, 0.2) is 0 Å². The Bertz CT molecular complexity index is 374. The van der Waals surface area contributed by atoms with Gasteiger partial charge in [-0.1, -0.05) is 6.07 Å². The number of ether oxygens (including phenoxy) is 1. The minimum atomic E-state index is -0.301. The number of rotatable bonds is 1. The number of hydrogen-bond donors (Lipinski definition) is 0. The van der Waals surface area contributed by atoms with Gasteiger partial charge in [-0.2, -0.15) is 0 Å². The van der Waals surface area contributed by atoms with Gasteiger partial charge in [0.1, 0.15) is 17.3 Å². The maximum atomic E-state index is 12.8. The zero-order valence-corrected chi connectivity index (χ0v) is 7.92. The second kappa shape index (κ2) is 3.40. The summed E-state index contributed by atoms with van der Waals surface area (Å²) in [4.78, 5) is 11.1. The Morgan fingerprint density at radius 1 is 1.57 bits per heavy atom. The summed E-state index contributed by atoms with van der Waals surface area (Å²) in [6.07, 6.45) is 0.658. The highest BCUT2D eigenvalue weighted by Crippen LogP contribution is 2.28. The highest BCUT2D eigenvalue weighted by molar-refractivity contribution is 5.79. The number of hydrogen-bond acceptors (Lipinski definition) is 2. The summed E-state index contributed by atoms with van der Waals surface area (Å²) in [5, 5.41) is 0. The van der Waals surface area contributed by atoms with Crippen LogP contribution in [0.4, 0.5) is 4.39 Å². The molecule has 0 radical (unpaired) electrons. The number of halogens is 1. The third-order valence-corrected chi connectivity index (χ3v) is 2.51. The molecule has 1 aromatic carbocycles. The maximum Gasteiger partial charge on any atom is 0.136 e. The molecule has 1 heterocycles. The third kappa shape index (κ3) is 1.62. The summed E-state index contributed by atoms with van der Waals surface area (Å²) in [7, 11) is 0. The Morgan fingerprint density at radius 2 is 2.36 bits per heavy atom. The van der Waals surface area contributed by atoms with Crippen LogP contribution in [-0.4, -0.2) is 12.4 Å². The van der Waals surface area contributed by atoms with E-state index in [1.165, 1.54) is 12.1 Å². The minimum absolute atomic E-state index is 0.0760. The first-order chi connectivity index (χ1) is 6.66. The van der Waals surface area contributed by atoms with Crippen LogP contribution in [0, 0.1) is 11.7 Å². The molecule has 1 unspecified atom stereocenters. The number of ketones is 1. The van der Waals surface area contributed by atoms with Gasteiger partial charge in [-0.25, -0.2) is 4.39 Å². The summed E-state index contributed by atoms with van der Waals surface area (Å²) in [5.74, 6) is 0.320. The Kier molecular flexibility index (Phi) is 2.23. The molecule has 0 amide bonds. The van der Waals surface area contributed by atoms with Crippen molar-refractivity contribution in [1.29, 1.82) is 0 Å². The molecule has 14 heavy (non-hydrogen) atoms. The fourth-order valence-corrected chi connectivity index (χ4v) is 1.61. The van der Waals surface area contributed by atoms with Crippen molar-refractivity contribution >= 4 is 5.78 Å². The van der Waals surface area contributed by atoms with Crippen molar-refractivity contribution < 1.29 is 13.9 Å². The molecule has 1 aliphatic heterocycles. The van der Waals surface area contributed by atoms with Gasteiger partial charge < -0.3 is 4.74 Å². The van der Waals surface area contributed by atoms with E-state index in [1.807, 2.05) is 0 Å². The van der Waals surface area contributed by atoms with Crippen molar-refractivity contribution in [1.82, 2.24) is 0 Å². The second-order valence-electron chi connectivity index (χ2n) is 3.57. The van der Waals surface area contributed by atoms with Crippen LogP contribution in [0.3, 0.4) is 0 Å². The van der Waals surface area contributed by atoms with E-state index in [1.54, 1.807) is 13.0 Å². The molecule has 3 heteroatoms. The molecule has 0 saturated heterocycles. The zero-order valence-electron chi connectivity index (χ0n) is 7.92. The lowest BCUT2D eigenvalue weighted by Gasteiger charge is -2.23. The topological polar surface area (TPSA) is 26.3 Å². The van der Waals surface area contributed by atoms with Crippen LogP contribution in [0.1, 0.15) is 12.5 Å². The van der Waals surface area contributed by atoms with E-state index in [-0.39, 0.29) is 17.5 Å². The highest BCUT2D eigenvalue weighted by atomic mass is 19.1. The molecular weight excluding hydrogens is 183 g/mol. The van der Waals surface area contributed by atoms with E-state index < -0.39 is 0 Å². The van der Waals surface area contributed by atoms with E-state index in [0.29, 0.717) is 18.8 Å². The molecular formula is C11H11FO2. The summed E-state index contributed by atoms with van der Waals surface area (Å²) >= 11 is 0. The van der Waals surface area contributed by atoms with Gasteiger partial charge in [-0.3, -0.25) is 4.79 Å². The van der Waals surface area contributed by atoms with E-state index in [0.717, 1.165) is 5.56 Å². The molecule has 0 bridgehead atoms. The zero-order chi connectivity index (χ0) is 10.1. The monoisotopic (exact) mass is 194 g/mol. The molecule has 0 aliphatic carbocycles. The van der Waals surface area contributed by atoms with E-state index in [2.05, 4.69) is 0 Å². The number of Topliss-reactive ketones (excluding diaryl/α,β-unsaturated/α-hetero) is 1. The van der Waals surface area contributed by atoms with Gasteiger partial charge in [-0.15, -0.1) is 0 Å². The fraction of sp³-hybridized carbons (Fsp3) is 0.364. The van der Waals surface area contributed by atoms with Crippen LogP contribution in [0.2, 0.25) is 0 Å². The summed E-state index contributed by atoms with van der Waals surface area (Å²) in [6, 6.07) is 4.44. The maximum absolute atomic E-state index is 12.8. The van der Waals surface area contributed by atoms with Gasteiger partial charge in [0.05, 0.1) is 12.5 Å². The van der Waals surface area contributed by atoms with Crippen LogP contribution in [0.25, 0.3) is 0 Å². The first-order valence-corrected chi connectivity index (χ1v) is 4.58. The van der Waals surface area contributed by atoms with Crippen molar-refractivity contribution in [2.75, 3.05) is 6.61 Å². The van der Waals surface area contributed by atoms with Crippen molar-refractivity contribution in [3.63, 3.8) is 0 Å². The molecule has 2 nitrogen and oxygen atoms in total. The van der Waals surface area contributed by atoms with E-state index in [4.69, 9.17) is 4.74 Å². The number of carbonyl (C=O) groups excluding carboxylic acids is 1. The molecule has 0 saturated carbocycles. The van der Waals surface area contributed by atoms with Gasteiger partial charge in [0.25, 0.3) is 0 Å². The molecule has 1 aliphatic rings. The summed E-state index contributed by atoms with van der Waals surface area (Å²) in [6.45, 7) is 1.92. The van der Waals surface area contributed by atoms with E-state index in [9.17, 15) is 9.18 Å². The van der Waals surface area contributed by atoms with Gasteiger partial charge >= 0.3 is 0 Å². The standard InChI is InChI=1S/C11H11FO2/c1-7(13)9-4-8-2-3-10(12)5-11(8)14-6-9/h2-3,5,9H,4,6H2,1H3. The van der Waals surface area contributed by atoms with E-state index >= 15 is 0 Å². The summed E-state index contributed by atoms with van der Waals surface area (Å²) in [5.41, 5.74) is 0.915. The van der Waals surface area contributed by atoms with Crippen LogP contribution < -0.4 is 4.74 Å². The second-order valence-corrected chi connectivity index (χ2v) is 3.57. The molecule has 2 rings (SSSR count). The Balaban J connectivity index is 2.27. The molecule has 0 N–H and O–H groups in total. The Morgan fingerprint density at radius 3 is 3.07 bits per heavy atom. The average molecular weight is 194 g/mol. The van der Waals surface area contributed by atoms with Crippen LogP contribution in [0.15, 0.2) is 18.2 Å². The first kappa shape index (κ1) is 9.19. The fourth-order valence-electron chi connectivity index (χ4n) is 1.61. The van der Waals surface area contributed by atoms with Crippen molar-refractivity contribution in [2.45, 2.75) is 13.3 Å². The lowest BCUT2D eigenvalue weighted by molar-refractivity contribution is -0.121. The largest absolute Gasteiger partial charge is 0.492 e. The normalized spacial score (nSPS) is 19.7. The predicted molar refractivity (Wildman–Crippen MR) is 49.8 cm³/mol. The SMILES string of the molecule is CC(=O)C1COc2cc(F)ccc2C1. The molecule has 0 spiro atoms. The van der Waals surface area contributed by atoms with Crippen LogP contribution in [0.5, 0.6) is 5.75 Å². The minimum Gasteiger partial charge on any atom is -0.492 e. The molecule has 0 aromatic heterocycles. The predicted octanol–water partition coefficient (Wildman–Crippen LogP) is 1.97. The molecule has 0 fully saturated rings. The Labute approximate surface area is 81.7 Å². The number of carbonyl (C=O) groups is 1. The smallest absolute Gasteiger partial charge is 0.136 e. The summed E-state index contributed by atoms with van der Waals surface area (Å²) < 4.78 is 18.1. The first-order valence-electron chi connectivity index (χ1n) is 4.58. The highest BCUT2D eigenvalue weighted by Gasteiger charge is 2.23. The van der Waals surface area contributed by atoms with Crippen molar-refractivity contribution in [3.8, 4) is 5.75 Å². The third-order valence-electron chi connectivity index (χ3n) is 2.51. The van der Waals surface area contributed by atoms with Gasteiger partial charge in [0.2, 0.25) is 0 Å².